The summed E-state index contributed by atoms with van der Waals surface area (Å²) in [6.07, 6.45) is 0.794. The molecule has 1 N–H and O–H groups in total. The molecule has 0 fully saturated rings. The van der Waals surface area contributed by atoms with Gasteiger partial charge in [-0.15, -0.1) is 0 Å². The lowest BCUT2D eigenvalue weighted by molar-refractivity contribution is -0.122. The van der Waals surface area contributed by atoms with Gasteiger partial charge in [-0.25, -0.2) is 4.79 Å². The zero-order valence-electron chi connectivity index (χ0n) is 14.7. The molecular formula is C20H23NO4. The predicted molar refractivity (Wildman–Crippen MR) is 96.9 cm³/mol. The number of hydrogen-bond donors (Lipinski definition) is 1. The largest absolute Gasteiger partial charge is 0.481 e. The maximum absolute atomic E-state index is 12.5. The number of nitrogens with one attached hydrogen (secondary N) is 1. The topological polar surface area (TPSA) is 64.6 Å². The van der Waals surface area contributed by atoms with Gasteiger partial charge in [0.2, 0.25) is 0 Å². The van der Waals surface area contributed by atoms with Crippen LogP contribution < -0.4 is 10.1 Å². The molecule has 1 atom stereocenters. The highest BCUT2D eigenvalue weighted by molar-refractivity contribution is 6.02. The number of benzene rings is 2. The van der Waals surface area contributed by atoms with E-state index in [0.717, 1.165) is 6.42 Å². The lowest BCUT2D eigenvalue weighted by Gasteiger charge is -2.18. The summed E-state index contributed by atoms with van der Waals surface area (Å²) in [7, 11) is 1.30. The molecule has 5 nitrogen and oxygen atoms in total. The highest BCUT2D eigenvalue weighted by atomic mass is 16.5. The first kappa shape index (κ1) is 18.5. The molecule has 0 aromatic heterocycles. The molecule has 0 saturated heterocycles. The highest BCUT2D eigenvalue weighted by Crippen LogP contribution is 2.19. The molecule has 0 heterocycles. The number of amides is 1. The van der Waals surface area contributed by atoms with Gasteiger partial charge in [0.15, 0.2) is 6.10 Å². The molecule has 0 aliphatic rings. The number of methoxy groups -OCH3 is 1. The number of anilines is 1. The Morgan fingerprint density at radius 1 is 1.04 bits per heavy atom. The summed E-state index contributed by atoms with van der Waals surface area (Å²) >= 11 is 0. The van der Waals surface area contributed by atoms with Crippen LogP contribution in [0.3, 0.4) is 0 Å². The third kappa shape index (κ3) is 4.83. The first-order chi connectivity index (χ1) is 12.1. The summed E-state index contributed by atoms with van der Waals surface area (Å²) in [5, 5.41) is 2.75. The molecule has 2 rings (SSSR count). The fourth-order valence-electron chi connectivity index (χ4n) is 2.38. The van der Waals surface area contributed by atoms with Crippen LogP contribution in [0.4, 0.5) is 5.69 Å². The minimum Gasteiger partial charge on any atom is -0.481 e. The van der Waals surface area contributed by atoms with Gasteiger partial charge in [-0.1, -0.05) is 38.1 Å². The van der Waals surface area contributed by atoms with Crippen molar-refractivity contribution >= 4 is 17.6 Å². The second-order valence-electron chi connectivity index (χ2n) is 5.54. The van der Waals surface area contributed by atoms with Crippen molar-refractivity contribution in [1.29, 1.82) is 0 Å². The Hall–Kier alpha value is -2.82. The quantitative estimate of drug-likeness (QED) is 0.777. The standard InChI is InChI=1S/C20H23NO4/c1-4-14-10-12-15(13-11-14)25-18(5-2)19(22)21-17-9-7-6-8-16(17)20(23)24-3/h6-13,18H,4-5H2,1-3H3,(H,21,22)/t18-/m0/s1. The van der Waals surface area contributed by atoms with E-state index in [1.54, 1.807) is 24.3 Å². The third-order valence-corrected chi connectivity index (χ3v) is 3.86. The van der Waals surface area contributed by atoms with Gasteiger partial charge in [0.1, 0.15) is 5.75 Å². The molecule has 2 aromatic rings. The van der Waals surface area contributed by atoms with Crippen LogP contribution in [0.15, 0.2) is 48.5 Å². The first-order valence-electron chi connectivity index (χ1n) is 8.32. The van der Waals surface area contributed by atoms with Gasteiger partial charge in [0, 0.05) is 0 Å². The second kappa shape index (κ2) is 8.87. The normalized spacial score (nSPS) is 11.5. The Kier molecular flexibility index (Phi) is 6.57. The molecule has 0 aliphatic heterocycles. The maximum Gasteiger partial charge on any atom is 0.339 e. The van der Waals surface area contributed by atoms with Crippen molar-refractivity contribution in [3.05, 3.63) is 59.7 Å². The van der Waals surface area contributed by atoms with E-state index in [-0.39, 0.29) is 5.91 Å². The number of carbonyl (C=O) groups is 2. The van der Waals surface area contributed by atoms with Crippen molar-refractivity contribution < 1.29 is 19.1 Å². The summed E-state index contributed by atoms with van der Waals surface area (Å²) in [6, 6.07) is 14.4. The van der Waals surface area contributed by atoms with Gasteiger partial charge >= 0.3 is 5.97 Å². The predicted octanol–water partition coefficient (Wildman–Crippen LogP) is 3.83. The number of rotatable bonds is 7. The number of hydrogen-bond acceptors (Lipinski definition) is 4. The number of carbonyl (C=O) groups excluding carboxylic acids is 2. The second-order valence-corrected chi connectivity index (χ2v) is 5.54. The van der Waals surface area contributed by atoms with Gasteiger partial charge in [0.25, 0.3) is 5.91 Å². The van der Waals surface area contributed by atoms with Crippen molar-refractivity contribution in [3.63, 3.8) is 0 Å². The van der Waals surface area contributed by atoms with Crippen LogP contribution in [0, 0.1) is 0 Å². The van der Waals surface area contributed by atoms with Crippen LogP contribution in [0.5, 0.6) is 5.75 Å². The van der Waals surface area contributed by atoms with E-state index in [1.165, 1.54) is 12.7 Å². The SMILES string of the molecule is CCc1ccc(O[C@@H](CC)C(=O)Nc2ccccc2C(=O)OC)cc1. The van der Waals surface area contributed by atoms with E-state index in [9.17, 15) is 9.59 Å². The van der Waals surface area contributed by atoms with Crippen molar-refractivity contribution in [1.82, 2.24) is 0 Å². The summed E-state index contributed by atoms with van der Waals surface area (Å²) < 4.78 is 10.5. The third-order valence-electron chi connectivity index (χ3n) is 3.86. The zero-order valence-corrected chi connectivity index (χ0v) is 14.7. The van der Waals surface area contributed by atoms with Crippen LogP contribution in [-0.4, -0.2) is 25.1 Å². The van der Waals surface area contributed by atoms with E-state index in [4.69, 9.17) is 9.47 Å². The molecule has 5 heteroatoms. The summed E-state index contributed by atoms with van der Waals surface area (Å²) in [5.74, 6) is -0.168. The Morgan fingerprint density at radius 3 is 2.32 bits per heavy atom. The van der Waals surface area contributed by atoms with Gasteiger partial charge in [0.05, 0.1) is 18.4 Å². The van der Waals surface area contributed by atoms with Crippen LogP contribution in [0.25, 0.3) is 0 Å². The molecule has 25 heavy (non-hydrogen) atoms. The van der Waals surface area contributed by atoms with Crippen molar-refractivity contribution in [2.24, 2.45) is 0 Å². The van der Waals surface area contributed by atoms with Crippen molar-refractivity contribution in [3.8, 4) is 5.75 Å². The highest BCUT2D eigenvalue weighted by Gasteiger charge is 2.21. The Morgan fingerprint density at radius 2 is 1.72 bits per heavy atom. The Balaban J connectivity index is 2.11. The number of aryl methyl sites for hydroxylation is 1. The maximum atomic E-state index is 12.5. The average Bonchev–Trinajstić information content (AvgIpc) is 2.66. The number of esters is 1. The fourth-order valence-corrected chi connectivity index (χ4v) is 2.38. The molecule has 0 radical (unpaired) electrons. The number of ether oxygens (including phenoxy) is 2. The molecule has 0 saturated carbocycles. The van der Waals surface area contributed by atoms with Crippen LogP contribution >= 0.6 is 0 Å². The van der Waals surface area contributed by atoms with Crippen LogP contribution in [0.2, 0.25) is 0 Å². The van der Waals surface area contributed by atoms with Gasteiger partial charge < -0.3 is 14.8 Å². The lowest BCUT2D eigenvalue weighted by atomic mass is 10.1. The average molecular weight is 341 g/mol. The van der Waals surface area contributed by atoms with E-state index < -0.39 is 12.1 Å². The summed E-state index contributed by atoms with van der Waals surface area (Å²) in [4.78, 5) is 24.3. The zero-order chi connectivity index (χ0) is 18.2. The van der Waals surface area contributed by atoms with E-state index >= 15 is 0 Å². The molecule has 0 aliphatic carbocycles. The van der Waals surface area contributed by atoms with Gasteiger partial charge in [-0.05, 0) is 42.7 Å². The summed E-state index contributed by atoms with van der Waals surface area (Å²) in [5.41, 5.74) is 1.92. The smallest absolute Gasteiger partial charge is 0.339 e. The molecule has 0 spiro atoms. The monoisotopic (exact) mass is 341 g/mol. The minimum atomic E-state index is -0.654. The molecule has 2 aromatic carbocycles. The summed E-state index contributed by atoms with van der Waals surface area (Å²) in [6.45, 7) is 3.95. The first-order valence-corrected chi connectivity index (χ1v) is 8.32. The van der Waals surface area contributed by atoms with Crippen LogP contribution in [0.1, 0.15) is 36.2 Å². The molecule has 132 valence electrons. The van der Waals surface area contributed by atoms with E-state index in [2.05, 4.69) is 12.2 Å². The fraction of sp³-hybridized carbons (Fsp3) is 0.300. The van der Waals surface area contributed by atoms with Gasteiger partial charge in [-0.2, -0.15) is 0 Å². The molecule has 0 unspecified atom stereocenters. The molecule has 0 bridgehead atoms. The van der Waals surface area contributed by atoms with Gasteiger partial charge in [-0.3, -0.25) is 4.79 Å². The van der Waals surface area contributed by atoms with Crippen molar-refractivity contribution in [2.45, 2.75) is 32.8 Å². The Labute approximate surface area is 148 Å². The van der Waals surface area contributed by atoms with E-state index in [1.807, 2.05) is 31.2 Å². The van der Waals surface area contributed by atoms with Crippen LogP contribution in [-0.2, 0) is 16.0 Å². The number of para-hydroxylation sites is 1. The lowest BCUT2D eigenvalue weighted by Crippen LogP contribution is -2.33. The molecular weight excluding hydrogens is 318 g/mol. The molecule has 1 amide bonds. The van der Waals surface area contributed by atoms with E-state index in [0.29, 0.717) is 23.4 Å². The Bertz CT molecular complexity index is 725. The van der Waals surface area contributed by atoms with Crippen molar-refractivity contribution in [2.75, 3.05) is 12.4 Å². The minimum absolute atomic E-state index is 0.306.